The van der Waals surface area contributed by atoms with E-state index in [2.05, 4.69) is 22.4 Å². The van der Waals surface area contributed by atoms with Gasteiger partial charge in [0.25, 0.3) is 0 Å². The Kier molecular flexibility index (Phi) is 3.69. The molecular formula is C15H24N2O. The van der Waals surface area contributed by atoms with E-state index < -0.39 is 0 Å². The molecular weight excluding hydrogens is 224 g/mol. The molecule has 0 radical (unpaired) electrons. The Morgan fingerprint density at radius 1 is 1.22 bits per heavy atom. The van der Waals surface area contributed by atoms with E-state index in [1.807, 2.05) is 0 Å². The summed E-state index contributed by atoms with van der Waals surface area (Å²) < 4.78 is 0. The molecule has 0 bridgehead atoms. The van der Waals surface area contributed by atoms with Crippen LogP contribution in [-0.4, -0.2) is 36.0 Å². The summed E-state index contributed by atoms with van der Waals surface area (Å²) in [4.78, 5) is 14.8. The van der Waals surface area contributed by atoms with Crippen LogP contribution in [0.25, 0.3) is 0 Å². The molecule has 1 aliphatic heterocycles. The lowest BCUT2D eigenvalue weighted by molar-refractivity contribution is -0.136. The van der Waals surface area contributed by atoms with Crippen LogP contribution in [0.4, 0.5) is 0 Å². The third-order valence-corrected chi connectivity index (χ3v) is 4.47. The van der Waals surface area contributed by atoms with Gasteiger partial charge in [-0.15, -0.1) is 0 Å². The average Bonchev–Trinajstić information content (AvgIpc) is 3.13. The van der Waals surface area contributed by atoms with Gasteiger partial charge in [0.15, 0.2) is 0 Å². The number of hydrogen-bond donors (Lipinski definition) is 1. The maximum absolute atomic E-state index is 12.6. The van der Waals surface area contributed by atoms with Crippen molar-refractivity contribution in [3.05, 3.63) is 12.2 Å². The summed E-state index contributed by atoms with van der Waals surface area (Å²) in [6.07, 6.45) is 12.4. The van der Waals surface area contributed by atoms with Crippen molar-refractivity contribution in [3.63, 3.8) is 0 Å². The highest BCUT2D eigenvalue weighted by Gasteiger charge is 2.37. The summed E-state index contributed by atoms with van der Waals surface area (Å²) in [7, 11) is 0. The van der Waals surface area contributed by atoms with Crippen molar-refractivity contribution >= 4 is 5.91 Å². The second kappa shape index (κ2) is 5.43. The van der Waals surface area contributed by atoms with E-state index in [1.165, 1.54) is 25.7 Å². The number of rotatable bonds is 4. The number of carbonyl (C=O) groups excluding carboxylic acids is 1. The number of amides is 1. The van der Waals surface area contributed by atoms with E-state index in [-0.39, 0.29) is 5.92 Å². The molecule has 100 valence electrons. The molecule has 0 aromatic heterocycles. The molecule has 3 aliphatic rings. The molecule has 1 saturated carbocycles. The molecule has 2 unspecified atom stereocenters. The summed E-state index contributed by atoms with van der Waals surface area (Å²) in [6, 6.07) is 1.11. The van der Waals surface area contributed by atoms with Gasteiger partial charge in [0.1, 0.15) is 0 Å². The summed E-state index contributed by atoms with van der Waals surface area (Å²) >= 11 is 0. The van der Waals surface area contributed by atoms with Crippen LogP contribution in [0.5, 0.6) is 0 Å². The van der Waals surface area contributed by atoms with E-state index in [4.69, 9.17) is 0 Å². The topological polar surface area (TPSA) is 32.3 Å². The first-order chi connectivity index (χ1) is 8.84. The maximum Gasteiger partial charge on any atom is 0.226 e. The fourth-order valence-corrected chi connectivity index (χ4v) is 3.21. The van der Waals surface area contributed by atoms with Gasteiger partial charge in [-0.1, -0.05) is 12.2 Å². The van der Waals surface area contributed by atoms with Crippen LogP contribution >= 0.6 is 0 Å². The fourth-order valence-electron chi connectivity index (χ4n) is 3.21. The van der Waals surface area contributed by atoms with Gasteiger partial charge in [0, 0.05) is 24.5 Å². The zero-order chi connectivity index (χ0) is 12.4. The van der Waals surface area contributed by atoms with Gasteiger partial charge in [0.2, 0.25) is 5.91 Å². The highest BCUT2D eigenvalue weighted by molar-refractivity contribution is 5.80. The normalized spacial score (nSPS) is 31.6. The fraction of sp³-hybridized carbons (Fsp3) is 0.800. The van der Waals surface area contributed by atoms with Crippen LogP contribution in [0.15, 0.2) is 12.2 Å². The van der Waals surface area contributed by atoms with Gasteiger partial charge in [-0.3, -0.25) is 4.79 Å². The minimum Gasteiger partial charge on any atom is -0.338 e. The summed E-state index contributed by atoms with van der Waals surface area (Å²) in [5.41, 5.74) is 0. The molecule has 3 rings (SSSR count). The first kappa shape index (κ1) is 12.2. The Balaban J connectivity index is 1.61. The highest BCUT2D eigenvalue weighted by atomic mass is 16.2. The first-order valence-corrected chi connectivity index (χ1v) is 7.53. The van der Waals surface area contributed by atoms with Gasteiger partial charge < -0.3 is 10.2 Å². The molecule has 1 amide bonds. The Bertz CT molecular complexity index is 329. The van der Waals surface area contributed by atoms with Crippen LogP contribution in [0.2, 0.25) is 0 Å². The van der Waals surface area contributed by atoms with Crippen molar-refractivity contribution in [2.24, 2.45) is 5.92 Å². The number of nitrogens with zero attached hydrogens (tertiary/aromatic N) is 1. The van der Waals surface area contributed by atoms with Crippen LogP contribution < -0.4 is 5.32 Å². The zero-order valence-corrected chi connectivity index (χ0v) is 11.1. The Morgan fingerprint density at radius 2 is 2.11 bits per heavy atom. The van der Waals surface area contributed by atoms with Crippen LogP contribution in [-0.2, 0) is 4.79 Å². The minimum absolute atomic E-state index is 0.261. The second-order valence-corrected chi connectivity index (χ2v) is 6.00. The quantitative estimate of drug-likeness (QED) is 0.773. The molecule has 1 N–H and O–H groups in total. The molecule has 0 aromatic carbocycles. The van der Waals surface area contributed by atoms with Crippen LogP contribution in [0, 0.1) is 5.92 Å². The van der Waals surface area contributed by atoms with Crippen molar-refractivity contribution in [2.45, 2.75) is 57.0 Å². The largest absolute Gasteiger partial charge is 0.338 e. The van der Waals surface area contributed by atoms with Crippen molar-refractivity contribution < 1.29 is 4.79 Å². The van der Waals surface area contributed by atoms with Crippen LogP contribution in [0.3, 0.4) is 0 Å². The van der Waals surface area contributed by atoms with E-state index in [0.717, 1.165) is 32.4 Å². The third kappa shape index (κ3) is 2.77. The molecule has 1 heterocycles. The third-order valence-electron chi connectivity index (χ3n) is 4.47. The molecule has 0 spiro atoms. The highest BCUT2D eigenvalue weighted by Crippen LogP contribution is 2.31. The SMILES string of the molecule is O=C(C1CC=CCC1)N(CC1CCCN1)C1CC1. The Morgan fingerprint density at radius 3 is 2.72 bits per heavy atom. The van der Waals surface area contributed by atoms with Gasteiger partial charge in [-0.2, -0.15) is 0 Å². The molecule has 18 heavy (non-hydrogen) atoms. The lowest BCUT2D eigenvalue weighted by atomic mass is 9.93. The molecule has 2 fully saturated rings. The molecule has 3 heteroatoms. The first-order valence-electron chi connectivity index (χ1n) is 7.53. The molecule has 2 aliphatic carbocycles. The smallest absolute Gasteiger partial charge is 0.226 e. The monoisotopic (exact) mass is 248 g/mol. The minimum atomic E-state index is 0.261. The lowest BCUT2D eigenvalue weighted by Gasteiger charge is -2.30. The van der Waals surface area contributed by atoms with E-state index in [9.17, 15) is 4.79 Å². The predicted octanol–water partition coefficient (Wildman–Crippen LogP) is 2.09. The number of carbonyl (C=O) groups is 1. The van der Waals surface area contributed by atoms with Gasteiger partial charge in [-0.25, -0.2) is 0 Å². The summed E-state index contributed by atoms with van der Waals surface area (Å²) in [5.74, 6) is 0.688. The second-order valence-electron chi connectivity index (χ2n) is 6.00. The molecule has 0 aromatic rings. The lowest BCUT2D eigenvalue weighted by Crippen LogP contribution is -2.45. The molecule has 3 nitrogen and oxygen atoms in total. The number of hydrogen-bond acceptors (Lipinski definition) is 2. The van der Waals surface area contributed by atoms with Crippen molar-refractivity contribution in [1.29, 1.82) is 0 Å². The Labute approximate surface area is 110 Å². The van der Waals surface area contributed by atoms with Crippen molar-refractivity contribution in [2.75, 3.05) is 13.1 Å². The van der Waals surface area contributed by atoms with Crippen LogP contribution in [0.1, 0.15) is 44.9 Å². The summed E-state index contributed by atoms with van der Waals surface area (Å²) in [6.45, 7) is 2.08. The van der Waals surface area contributed by atoms with E-state index in [1.54, 1.807) is 0 Å². The number of nitrogens with one attached hydrogen (secondary N) is 1. The van der Waals surface area contributed by atoms with E-state index >= 15 is 0 Å². The van der Waals surface area contributed by atoms with Gasteiger partial charge in [0.05, 0.1) is 0 Å². The standard InChI is InChI=1S/C15H24N2O/c18-15(12-5-2-1-3-6-12)17(14-8-9-14)11-13-7-4-10-16-13/h1-2,12-14,16H,3-11H2. The Hall–Kier alpha value is -0.830. The predicted molar refractivity (Wildman–Crippen MR) is 72.2 cm³/mol. The van der Waals surface area contributed by atoms with Crippen molar-refractivity contribution in [1.82, 2.24) is 10.2 Å². The summed E-state index contributed by atoms with van der Waals surface area (Å²) in [5, 5.41) is 3.52. The molecule has 1 saturated heterocycles. The van der Waals surface area contributed by atoms with Gasteiger partial charge >= 0.3 is 0 Å². The number of allylic oxidation sites excluding steroid dienone is 2. The zero-order valence-electron chi connectivity index (χ0n) is 11.1. The molecule has 2 atom stereocenters. The van der Waals surface area contributed by atoms with Crippen molar-refractivity contribution in [3.8, 4) is 0 Å². The average molecular weight is 248 g/mol. The maximum atomic E-state index is 12.6. The van der Waals surface area contributed by atoms with Gasteiger partial charge in [-0.05, 0) is 51.5 Å². The van der Waals surface area contributed by atoms with E-state index in [0.29, 0.717) is 18.0 Å².